The number of hydrogen-bond donors (Lipinski definition) is 0. The molecule has 75 valence electrons. The molecule has 2 aromatic rings. The van der Waals surface area contributed by atoms with Crippen LogP contribution in [-0.4, -0.2) is 9.97 Å². The molecule has 4 heteroatoms. The molecule has 0 amide bonds. The average molecular weight is 220 g/mol. The second-order valence-electron chi connectivity index (χ2n) is 2.91. The first-order valence-corrected chi connectivity index (χ1v) is 4.77. The summed E-state index contributed by atoms with van der Waals surface area (Å²) in [7, 11) is 0. The SMILES string of the molecule is Cc1ncccc1Oc1[c]c(Cl)ncc1. The Labute approximate surface area is 92.7 Å². The Bertz CT molecular complexity index is 474. The van der Waals surface area contributed by atoms with Gasteiger partial charge in [-0.15, -0.1) is 0 Å². The molecule has 15 heavy (non-hydrogen) atoms. The van der Waals surface area contributed by atoms with Crippen LogP contribution in [-0.2, 0) is 0 Å². The number of nitrogens with zero attached hydrogens (tertiary/aromatic N) is 2. The van der Waals surface area contributed by atoms with Crippen molar-refractivity contribution in [2.24, 2.45) is 0 Å². The number of aromatic nitrogens is 2. The van der Waals surface area contributed by atoms with E-state index in [1.165, 1.54) is 0 Å². The summed E-state index contributed by atoms with van der Waals surface area (Å²) < 4.78 is 5.55. The molecule has 0 aliphatic rings. The van der Waals surface area contributed by atoms with Crippen LogP contribution in [0.1, 0.15) is 5.69 Å². The smallest absolute Gasteiger partial charge is 0.148 e. The fraction of sp³-hybridized carbons (Fsp3) is 0.0909. The lowest BCUT2D eigenvalue weighted by Crippen LogP contribution is -1.90. The number of halogens is 1. The first-order valence-electron chi connectivity index (χ1n) is 4.39. The van der Waals surface area contributed by atoms with Gasteiger partial charge in [0.1, 0.15) is 16.7 Å². The predicted molar refractivity (Wildman–Crippen MR) is 57.1 cm³/mol. The monoisotopic (exact) mass is 219 g/mol. The molecule has 1 radical (unpaired) electrons. The maximum absolute atomic E-state index is 5.69. The molecular formula is C11H8ClN2O. The zero-order chi connectivity index (χ0) is 10.7. The van der Waals surface area contributed by atoms with Crippen molar-refractivity contribution in [1.29, 1.82) is 0 Å². The van der Waals surface area contributed by atoms with Gasteiger partial charge in [0.25, 0.3) is 0 Å². The molecular weight excluding hydrogens is 212 g/mol. The van der Waals surface area contributed by atoms with E-state index < -0.39 is 0 Å². The predicted octanol–water partition coefficient (Wildman–Crippen LogP) is 3.03. The van der Waals surface area contributed by atoms with E-state index in [-0.39, 0.29) is 5.15 Å². The molecule has 0 bridgehead atoms. The van der Waals surface area contributed by atoms with Crippen molar-refractivity contribution in [3.63, 3.8) is 0 Å². The molecule has 2 heterocycles. The van der Waals surface area contributed by atoms with E-state index in [9.17, 15) is 0 Å². The van der Waals surface area contributed by atoms with E-state index >= 15 is 0 Å². The third-order valence-electron chi connectivity index (χ3n) is 1.82. The molecule has 3 nitrogen and oxygen atoms in total. The van der Waals surface area contributed by atoms with Crippen LogP contribution in [0, 0.1) is 13.0 Å². The molecule has 0 spiro atoms. The zero-order valence-electron chi connectivity index (χ0n) is 8.07. The van der Waals surface area contributed by atoms with Gasteiger partial charge in [-0.3, -0.25) is 4.98 Å². The molecule has 0 atom stereocenters. The highest BCUT2D eigenvalue weighted by molar-refractivity contribution is 6.29. The van der Waals surface area contributed by atoms with Crippen molar-refractivity contribution in [3.05, 3.63) is 47.5 Å². The van der Waals surface area contributed by atoms with Crippen LogP contribution in [0.2, 0.25) is 5.15 Å². The lowest BCUT2D eigenvalue weighted by atomic mass is 10.3. The highest BCUT2D eigenvalue weighted by Crippen LogP contribution is 2.23. The Morgan fingerprint density at radius 1 is 1.27 bits per heavy atom. The normalized spacial score (nSPS) is 10.0. The van der Waals surface area contributed by atoms with Gasteiger partial charge >= 0.3 is 0 Å². The Balaban J connectivity index is 2.26. The minimum atomic E-state index is 0.286. The second kappa shape index (κ2) is 4.28. The maximum atomic E-state index is 5.69. The van der Waals surface area contributed by atoms with Crippen molar-refractivity contribution in [3.8, 4) is 11.5 Å². The number of pyridine rings is 2. The molecule has 2 aromatic heterocycles. The summed E-state index contributed by atoms with van der Waals surface area (Å²) in [5.74, 6) is 1.22. The average Bonchev–Trinajstić information content (AvgIpc) is 2.22. The summed E-state index contributed by atoms with van der Waals surface area (Å²) in [6, 6.07) is 8.13. The molecule has 0 aromatic carbocycles. The van der Waals surface area contributed by atoms with E-state index in [2.05, 4.69) is 16.0 Å². The lowest BCUT2D eigenvalue weighted by molar-refractivity contribution is 0.474. The van der Waals surface area contributed by atoms with E-state index in [4.69, 9.17) is 16.3 Å². The number of aryl methyl sites for hydroxylation is 1. The van der Waals surface area contributed by atoms with Crippen LogP contribution in [0.4, 0.5) is 0 Å². The van der Waals surface area contributed by atoms with Gasteiger partial charge in [0.05, 0.1) is 11.8 Å². The summed E-state index contributed by atoms with van der Waals surface area (Å²) in [6.45, 7) is 1.87. The van der Waals surface area contributed by atoms with Crippen LogP contribution in [0.5, 0.6) is 11.5 Å². The molecule has 0 saturated carbocycles. The fourth-order valence-electron chi connectivity index (χ4n) is 1.10. The first-order chi connectivity index (χ1) is 7.25. The third kappa shape index (κ3) is 2.44. The van der Waals surface area contributed by atoms with Gasteiger partial charge < -0.3 is 4.74 Å². The standard InChI is InChI=1S/C11H8ClN2O/c1-8-10(3-2-5-13-8)15-9-4-6-14-11(12)7-9/h2-6H,1H3. The lowest BCUT2D eigenvalue weighted by Gasteiger charge is -2.06. The molecule has 0 aliphatic heterocycles. The van der Waals surface area contributed by atoms with Gasteiger partial charge in [-0.2, -0.15) is 0 Å². The molecule has 2 rings (SSSR count). The van der Waals surface area contributed by atoms with Gasteiger partial charge in [0.2, 0.25) is 0 Å². The fourth-order valence-corrected chi connectivity index (χ4v) is 1.25. The van der Waals surface area contributed by atoms with Crippen LogP contribution in [0.25, 0.3) is 0 Å². The second-order valence-corrected chi connectivity index (χ2v) is 3.27. The van der Waals surface area contributed by atoms with Crippen molar-refractivity contribution >= 4 is 11.6 Å². The Kier molecular flexibility index (Phi) is 2.83. The van der Waals surface area contributed by atoms with Gasteiger partial charge in [-0.05, 0) is 25.1 Å². The van der Waals surface area contributed by atoms with Crippen LogP contribution < -0.4 is 4.74 Å². The first kappa shape index (κ1) is 9.93. The molecule has 0 saturated heterocycles. The van der Waals surface area contributed by atoms with Crippen molar-refractivity contribution in [2.45, 2.75) is 6.92 Å². The minimum Gasteiger partial charge on any atom is -0.455 e. The third-order valence-corrected chi connectivity index (χ3v) is 2.01. The van der Waals surface area contributed by atoms with Gasteiger partial charge in [0.15, 0.2) is 0 Å². The number of rotatable bonds is 2. The molecule has 0 N–H and O–H groups in total. The molecule has 0 fully saturated rings. The van der Waals surface area contributed by atoms with Gasteiger partial charge in [-0.25, -0.2) is 4.98 Å². The number of ether oxygens (including phenoxy) is 1. The minimum absolute atomic E-state index is 0.286. The summed E-state index contributed by atoms with van der Waals surface area (Å²) >= 11 is 5.69. The molecule has 0 aliphatic carbocycles. The summed E-state index contributed by atoms with van der Waals surface area (Å²) in [5, 5.41) is 0.286. The van der Waals surface area contributed by atoms with Gasteiger partial charge in [0, 0.05) is 12.4 Å². The van der Waals surface area contributed by atoms with Crippen LogP contribution in [0.3, 0.4) is 0 Å². The van der Waals surface area contributed by atoms with Crippen LogP contribution in [0.15, 0.2) is 30.6 Å². The van der Waals surface area contributed by atoms with Crippen LogP contribution >= 0.6 is 11.6 Å². The van der Waals surface area contributed by atoms with E-state index in [1.807, 2.05) is 19.1 Å². The van der Waals surface area contributed by atoms with Crippen molar-refractivity contribution < 1.29 is 4.74 Å². The molecule has 0 unspecified atom stereocenters. The van der Waals surface area contributed by atoms with Crippen molar-refractivity contribution in [1.82, 2.24) is 9.97 Å². The van der Waals surface area contributed by atoms with E-state index in [1.54, 1.807) is 18.5 Å². The highest BCUT2D eigenvalue weighted by Gasteiger charge is 2.02. The Morgan fingerprint density at radius 3 is 2.87 bits per heavy atom. The highest BCUT2D eigenvalue weighted by atomic mass is 35.5. The van der Waals surface area contributed by atoms with Gasteiger partial charge in [-0.1, -0.05) is 11.6 Å². The summed E-state index contributed by atoms with van der Waals surface area (Å²) in [5.41, 5.74) is 0.818. The zero-order valence-corrected chi connectivity index (χ0v) is 8.82. The van der Waals surface area contributed by atoms with Crippen molar-refractivity contribution in [2.75, 3.05) is 0 Å². The Hall–Kier alpha value is -1.61. The van der Waals surface area contributed by atoms with E-state index in [0.29, 0.717) is 11.5 Å². The number of hydrogen-bond acceptors (Lipinski definition) is 3. The van der Waals surface area contributed by atoms with E-state index in [0.717, 1.165) is 5.69 Å². The maximum Gasteiger partial charge on any atom is 0.148 e. The topological polar surface area (TPSA) is 35.0 Å². The largest absolute Gasteiger partial charge is 0.455 e. The summed E-state index contributed by atoms with van der Waals surface area (Å²) in [6.07, 6.45) is 3.28. The summed E-state index contributed by atoms with van der Waals surface area (Å²) in [4.78, 5) is 7.93. The Morgan fingerprint density at radius 2 is 2.13 bits per heavy atom. The quantitative estimate of drug-likeness (QED) is 0.729.